The van der Waals surface area contributed by atoms with Gasteiger partial charge in [-0.25, -0.2) is 0 Å². The van der Waals surface area contributed by atoms with Gasteiger partial charge in [-0.1, -0.05) is 24.3 Å². The van der Waals surface area contributed by atoms with E-state index >= 15 is 0 Å². The topological polar surface area (TPSA) is 40.2 Å². The fourth-order valence-electron chi connectivity index (χ4n) is 4.02. The standard InChI is InChI=1S/C32H27F6NO4/c1-40-26-15-7-24(8-16-26)39(25-9-17-27(41-2)18-10-25)19-30(22-3-11-28(12-4-22)42-20-31(33,34)35)23-5-13-29(14-6-23)43-21-32(36,37)38/h3-19H,20-21H2,1-2H3. The number of rotatable bonds is 11. The number of anilines is 2. The summed E-state index contributed by atoms with van der Waals surface area (Å²) >= 11 is 0. The Morgan fingerprint density at radius 3 is 1.16 bits per heavy atom. The monoisotopic (exact) mass is 603 g/mol. The van der Waals surface area contributed by atoms with Crippen molar-refractivity contribution in [1.29, 1.82) is 0 Å². The first-order valence-corrected chi connectivity index (χ1v) is 12.8. The number of halogens is 6. The van der Waals surface area contributed by atoms with E-state index in [-0.39, 0.29) is 11.5 Å². The van der Waals surface area contributed by atoms with Crippen LogP contribution in [0.15, 0.2) is 103 Å². The highest BCUT2D eigenvalue weighted by Crippen LogP contribution is 2.34. The third kappa shape index (κ3) is 9.09. The van der Waals surface area contributed by atoms with Gasteiger partial charge in [0.15, 0.2) is 13.2 Å². The summed E-state index contributed by atoms with van der Waals surface area (Å²) in [6.45, 7) is -2.87. The Bertz CT molecular complexity index is 1370. The van der Waals surface area contributed by atoms with E-state index in [1.54, 1.807) is 62.8 Å². The molecule has 43 heavy (non-hydrogen) atoms. The maximum absolute atomic E-state index is 12.7. The fourth-order valence-corrected chi connectivity index (χ4v) is 4.02. The van der Waals surface area contributed by atoms with E-state index in [4.69, 9.17) is 18.9 Å². The van der Waals surface area contributed by atoms with E-state index in [0.717, 1.165) is 11.4 Å². The Morgan fingerprint density at radius 1 is 0.535 bits per heavy atom. The van der Waals surface area contributed by atoms with Crippen molar-refractivity contribution in [3.8, 4) is 23.0 Å². The van der Waals surface area contributed by atoms with Gasteiger partial charge in [0.2, 0.25) is 0 Å². The number of methoxy groups -OCH3 is 2. The van der Waals surface area contributed by atoms with Crippen LogP contribution in [0.1, 0.15) is 11.1 Å². The lowest BCUT2D eigenvalue weighted by atomic mass is 9.98. The maximum Gasteiger partial charge on any atom is 0.422 e. The molecule has 11 heteroatoms. The summed E-state index contributed by atoms with van der Waals surface area (Å²) in [4.78, 5) is 1.89. The first-order valence-electron chi connectivity index (χ1n) is 12.8. The van der Waals surface area contributed by atoms with Crippen LogP contribution >= 0.6 is 0 Å². The summed E-state index contributed by atoms with van der Waals surface area (Å²) in [6, 6.07) is 26.6. The van der Waals surface area contributed by atoms with Crippen molar-refractivity contribution >= 4 is 16.9 Å². The molecule has 0 radical (unpaired) electrons. The van der Waals surface area contributed by atoms with Crippen LogP contribution in [-0.4, -0.2) is 39.8 Å². The van der Waals surface area contributed by atoms with Gasteiger partial charge in [-0.3, -0.25) is 0 Å². The second-order valence-corrected chi connectivity index (χ2v) is 9.17. The zero-order valence-corrected chi connectivity index (χ0v) is 23.1. The molecule has 4 aromatic rings. The van der Waals surface area contributed by atoms with Crippen LogP contribution in [0.4, 0.5) is 37.7 Å². The fraction of sp³-hybridized carbons (Fsp3) is 0.188. The average Bonchev–Trinajstić information content (AvgIpc) is 3.00. The van der Waals surface area contributed by atoms with Gasteiger partial charge in [0.25, 0.3) is 0 Å². The molecule has 0 heterocycles. The summed E-state index contributed by atoms with van der Waals surface area (Å²) in [6.07, 6.45) is -7.16. The van der Waals surface area contributed by atoms with Gasteiger partial charge < -0.3 is 23.8 Å². The largest absolute Gasteiger partial charge is 0.497 e. The molecule has 0 atom stereocenters. The lowest BCUT2D eigenvalue weighted by Crippen LogP contribution is -2.19. The van der Waals surface area contributed by atoms with E-state index in [1.165, 1.54) is 24.3 Å². The van der Waals surface area contributed by atoms with Crippen LogP contribution in [-0.2, 0) is 0 Å². The quantitative estimate of drug-likeness (QED) is 0.160. The van der Waals surface area contributed by atoms with Crippen LogP contribution < -0.4 is 23.8 Å². The van der Waals surface area contributed by atoms with Crippen molar-refractivity contribution < 1.29 is 45.3 Å². The third-order valence-corrected chi connectivity index (χ3v) is 6.10. The molecule has 4 rings (SSSR count). The summed E-state index contributed by atoms with van der Waals surface area (Å²) in [5.74, 6) is 1.34. The van der Waals surface area contributed by atoms with Crippen molar-refractivity contribution in [2.75, 3.05) is 32.3 Å². The van der Waals surface area contributed by atoms with Crippen molar-refractivity contribution in [1.82, 2.24) is 0 Å². The Labute approximate surface area is 244 Å². The minimum absolute atomic E-state index is 0.0264. The van der Waals surface area contributed by atoms with Crippen molar-refractivity contribution in [2.24, 2.45) is 0 Å². The predicted molar refractivity (Wildman–Crippen MR) is 151 cm³/mol. The molecular formula is C32H27F6NO4. The number of hydrogen-bond donors (Lipinski definition) is 0. The zero-order chi connectivity index (χ0) is 31.0. The minimum Gasteiger partial charge on any atom is -0.497 e. The number of alkyl halides is 6. The molecule has 0 saturated heterocycles. The van der Waals surface area contributed by atoms with Gasteiger partial charge in [0, 0.05) is 23.1 Å². The third-order valence-electron chi connectivity index (χ3n) is 6.10. The second-order valence-electron chi connectivity index (χ2n) is 9.17. The molecule has 0 saturated carbocycles. The molecule has 0 N–H and O–H groups in total. The first kappa shape index (κ1) is 31.1. The van der Waals surface area contributed by atoms with Crippen molar-refractivity contribution in [3.05, 3.63) is 114 Å². The summed E-state index contributed by atoms with van der Waals surface area (Å²) in [5.41, 5.74) is 3.32. The molecule has 0 aliphatic heterocycles. The Balaban J connectivity index is 1.79. The number of benzene rings is 4. The molecule has 0 amide bonds. The second kappa shape index (κ2) is 13.5. The van der Waals surface area contributed by atoms with Gasteiger partial charge in [-0.2, -0.15) is 26.3 Å². The Morgan fingerprint density at radius 2 is 0.860 bits per heavy atom. The highest BCUT2D eigenvalue weighted by atomic mass is 19.4. The predicted octanol–water partition coefficient (Wildman–Crippen LogP) is 8.81. The highest BCUT2D eigenvalue weighted by Gasteiger charge is 2.29. The van der Waals surface area contributed by atoms with Crippen LogP contribution in [0.25, 0.3) is 5.57 Å². The molecule has 0 bridgehead atoms. The SMILES string of the molecule is COc1ccc(N(C=C(c2ccc(OCC(F)(F)F)cc2)c2ccc(OCC(F)(F)F)cc2)c2ccc(OC)cc2)cc1. The molecule has 5 nitrogen and oxygen atoms in total. The Hall–Kier alpha value is -4.80. The maximum atomic E-state index is 12.7. The van der Waals surface area contributed by atoms with Gasteiger partial charge in [-0.05, 0) is 83.9 Å². The smallest absolute Gasteiger partial charge is 0.422 e. The number of nitrogens with zero attached hydrogens (tertiary/aromatic N) is 1. The van der Waals surface area contributed by atoms with Gasteiger partial charge >= 0.3 is 12.4 Å². The molecule has 0 unspecified atom stereocenters. The molecule has 0 spiro atoms. The van der Waals surface area contributed by atoms with Crippen molar-refractivity contribution in [2.45, 2.75) is 12.4 Å². The lowest BCUT2D eigenvalue weighted by Gasteiger charge is -2.24. The molecular weight excluding hydrogens is 576 g/mol. The molecule has 0 fully saturated rings. The lowest BCUT2D eigenvalue weighted by molar-refractivity contribution is -0.154. The summed E-state index contributed by atoms with van der Waals surface area (Å²) < 4.78 is 96.2. The Kier molecular flexibility index (Phi) is 9.74. The summed E-state index contributed by atoms with van der Waals surface area (Å²) in [5, 5.41) is 0. The van der Waals surface area contributed by atoms with E-state index < -0.39 is 25.6 Å². The van der Waals surface area contributed by atoms with E-state index in [1.807, 2.05) is 35.4 Å². The number of ether oxygens (including phenoxy) is 4. The van der Waals surface area contributed by atoms with Crippen molar-refractivity contribution in [3.63, 3.8) is 0 Å². The minimum atomic E-state index is -4.49. The van der Waals surface area contributed by atoms with E-state index in [9.17, 15) is 26.3 Å². The van der Waals surface area contributed by atoms with Crippen LogP contribution in [0.2, 0.25) is 0 Å². The zero-order valence-electron chi connectivity index (χ0n) is 23.1. The summed E-state index contributed by atoms with van der Waals surface area (Å²) in [7, 11) is 3.11. The van der Waals surface area contributed by atoms with Gasteiger partial charge in [0.1, 0.15) is 23.0 Å². The normalized spacial score (nSPS) is 11.4. The molecule has 226 valence electrons. The van der Waals surface area contributed by atoms with E-state index in [2.05, 4.69) is 0 Å². The molecule has 0 aliphatic rings. The molecule has 0 aliphatic carbocycles. The molecule has 4 aromatic carbocycles. The average molecular weight is 604 g/mol. The highest BCUT2D eigenvalue weighted by molar-refractivity contribution is 5.84. The van der Waals surface area contributed by atoms with Crippen LogP contribution in [0.5, 0.6) is 23.0 Å². The number of hydrogen-bond acceptors (Lipinski definition) is 5. The first-order chi connectivity index (χ1) is 20.4. The molecule has 0 aromatic heterocycles. The van der Waals surface area contributed by atoms with E-state index in [0.29, 0.717) is 28.2 Å². The van der Waals surface area contributed by atoms with Gasteiger partial charge in [0.05, 0.1) is 14.2 Å². The van der Waals surface area contributed by atoms with Crippen LogP contribution in [0.3, 0.4) is 0 Å². The van der Waals surface area contributed by atoms with Crippen LogP contribution in [0, 0.1) is 0 Å². The van der Waals surface area contributed by atoms with Gasteiger partial charge in [-0.15, -0.1) is 0 Å².